The molecule has 1 amide bonds. The molecule has 4 heteroatoms. The second-order valence-electron chi connectivity index (χ2n) is 9.84. The van der Waals surface area contributed by atoms with Crippen molar-refractivity contribution in [2.24, 2.45) is 0 Å². The van der Waals surface area contributed by atoms with Crippen molar-refractivity contribution in [3.05, 3.63) is 59.7 Å². The van der Waals surface area contributed by atoms with Crippen molar-refractivity contribution in [2.45, 2.75) is 63.3 Å². The Morgan fingerprint density at radius 3 is 2.10 bits per heavy atom. The number of nitrogens with zero attached hydrogens (tertiary/aromatic N) is 1. The Kier molecular flexibility index (Phi) is 5.52. The smallest absolute Gasteiger partial charge is 0.230 e. The van der Waals surface area contributed by atoms with Crippen LogP contribution in [0.15, 0.2) is 48.5 Å². The number of carbonyl (C=O) groups is 1. The quantitative estimate of drug-likeness (QED) is 0.775. The topological polar surface area (TPSA) is 41.6 Å². The highest BCUT2D eigenvalue weighted by molar-refractivity contribution is 5.91. The van der Waals surface area contributed by atoms with Gasteiger partial charge in [-0.1, -0.05) is 45.0 Å². The number of carbonyl (C=O) groups excluding carboxylic acids is 1. The molecule has 1 aliphatic heterocycles. The van der Waals surface area contributed by atoms with Crippen molar-refractivity contribution in [3.63, 3.8) is 0 Å². The second-order valence-corrected chi connectivity index (χ2v) is 9.84. The van der Waals surface area contributed by atoms with Gasteiger partial charge in [0, 0.05) is 24.8 Å². The van der Waals surface area contributed by atoms with Crippen molar-refractivity contribution < 1.29 is 9.53 Å². The zero-order valence-corrected chi connectivity index (χ0v) is 18.7. The van der Waals surface area contributed by atoms with E-state index >= 15 is 0 Å². The molecule has 160 valence electrons. The first-order valence-corrected chi connectivity index (χ1v) is 11.1. The molecule has 1 saturated heterocycles. The lowest BCUT2D eigenvalue weighted by atomic mass is 9.84. The molecule has 0 unspecified atom stereocenters. The molecule has 0 spiro atoms. The molecule has 1 aliphatic carbocycles. The largest absolute Gasteiger partial charge is 0.497 e. The first-order chi connectivity index (χ1) is 14.3. The molecular formula is C26H34N2O2. The Hall–Kier alpha value is -2.49. The summed E-state index contributed by atoms with van der Waals surface area (Å²) in [5, 5.41) is 3.37. The molecule has 0 bridgehead atoms. The summed E-state index contributed by atoms with van der Waals surface area (Å²) >= 11 is 0. The Labute approximate surface area is 180 Å². The summed E-state index contributed by atoms with van der Waals surface area (Å²) in [5.74, 6) is 1.10. The molecule has 2 aromatic rings. The summed E-state index contributed by atoms with van der Waals surface area (Å²) in [5.41, 5.74) is 3.54. The van der Waals surface area contributed by atoms with Crippen LogP contribution in [-0.4, -0.2) is 32.1 Å². The van der Waals surface area contributed by atoms with Crippen LogP contribution in [0.1, 0.15) is 57.6 Å². The van der Waals surface area contributed by atoms with Gasteiger partial charge in [0.1, 0.15) is 5.75 Å². The molecule has 0 aromatic heterocycles. The van der Waals surface area contributed by atoms with Crippen LogP contribution < -0.4 is 15.0 Å². The fourth-order valence-electron chi connectivity index (χ4n) is 4.46. The average Bonchev–Trinajstić information content (AvgIpc) is 3.56. The highest BCUT2D eigenvalue weighted by Crippen LogP contribution is 2.49. The maximum Gasteiger partial charge on any atom is 0.230 e. The van der Waals surface area contributed by atoms with Gasteiger partial charge in [-0.3, -0.25) is 4.79 Å². The van der Waals surface area contributed by atoms with Crippen molar-refractivity contribution in [2.75, 3.05) is 25.1 Å². The van der Waals surface area contributed by atoms with E-state index in [-0.39, 0.29) is 22.8 Å². The first kappa shape index (κ1) is 20.8. The Morgan fingerprint density at radius 1 is 1.00 bits per heavy atom. The Bertz CT molecular complexity index is 869. The van der Waals surface area contributed by atoms with Gasteiger partial charge in [-0.2, -0.15) is 0 Å². The van der Waals surface area contributed by atoms with Crippen LogP contribution in [0, 0.1) is 0 Å². The number of rotatable bonds is 5. The molecular weight excluding hydrogens is 372 g/mol. The molecule has 2 fully saturated rings. The highest BCUT2D eigenvalue weighted by atomic mass is 16.5. The lowest BCUT2D eigenvalue weighted by molar-refractivity contribution is -0.124. The molecule has 0 atom stereocenters. The van der Waals surface area contributed by atoms with Crippen molar-refractivity contribution in [3.8, 4) is 5.75 Å². The van der Waals surface area contributed by atoms with Crippen LogP contribution >= 0.6 is 0 Å². The number of hydrogen-bond acceptors (Lipinski definition) is 3. The van der Waals surface area contributed by atoms with Gasteiger partial charge in [-0.15, -0.1) is 0 Å². The molecule has 2 aromatic carbocycles. The number of benzene rings is 2. The number of amides is 1. The van der Waals surface area contributed by atoms with E-state index in [9.17, 15) is 4.79 Å². The zero-order valence-electron chi connectivity index (χ0n) is 18.7. The van der Waals surface area contributed by atoms with Gasteiger partial charge in [0.15, 0.2) is 0 Å². The molecule has 0 radical (unpaired) electrons. The van der Waals surface area contributed by atoms with Gasteiger partial charge < -0.3 is 15.0 Å². The third kappa shape index (κ3) is 4.19. The van der Waals surface area contributed by atoms with Crippen LogP contribution in [-0.2, 0) is 15.6 Å². The van der Waals surface area contributed by atoms with Gasteiger partial charge >= 0.3 is 0 Å². The molecule has 1 N–H and O–H groups in total. The standard InChI is InChI=1S/C26H34N2O2/c1-25(2,3)19-5-7-20(8-6-19)26(15-16-26)24(29)27-21-13-17-28(18-14-21)22-9-11-23(30-4)12-10-22/h5-12,21H,13-18H2,1-4H3,(H,27,29). The first-order valence-electron chi connectivity index (χ1n) is 11.1. The number of ether oxygens (including phenoxy) is 1. The van der Waals surface area contributed by atoms with Gasteiger partial charge in [0.05, 0.1) is 12.5 Å². The normalized spacial score (nSPS) is 18.7. The van der Waals surface area contributed by atoms with Crippen molar-refractivity contribution in [1.29, 1.82) is 0 Å². The Balaban J connectivity index is 1.34. The van der Waals surface area contributed by atoms with Gasteiger partial charge in [-0.05, 0) is 66.5 Å². The van der Waals surface area contributed by atoms with Crippen LogP contribution in [0.4, 0.5) is 5.69 Å². The molecule has 1 saturated carbocycles. The summed E-state index contributed by atoms with van der Waals surface area (Å²) in [6, 6.07) is 17.2. The van der Waals surface area contributed by atoms with Gasteiger partial charge in [-0.25, -0.2) is 0 Å². The monoisotopic (exact) mass is 406 g/mol. The minimum Gasteiger partial charge on any atom is -0.497 e. The fourth-order valence-corrected chi connectivity index (χ4v) is 4.46. The van der Waals surface area contributed by atoms with Gasteiger partial charge in [0.25, 0.3) is 0 Å². The van der Waals surface area contributed by atoms with Crippen molar-refractivity contribution in [1.82, 2.24) is 5.32 Å². The lowest BCUT2D eigenvalue weighted by Crippen LogP contribution is -2.47. The lowest BCUT2D eigenvalue weighted by Gasteiger charge is -2.34. The minimum absolute atomic E-state index is 0.134. The van der Waals surface area contributed by atoms with E-state index in [0.717, 1.165) is 44.5 Å². The summed E-state index contributed by atoms with van der Waals surface area (Å²) in [4.78, 5) is 15.6. The van der Waals surface area contributed by atoms with Gasteiger partial charge in [0.2, 0.25) is 5.91 Å². The molecule has 1 heterocycles. The molecule has 4 rings (SSSR count). The highest BCUT2D eigenvalue weighted by Gasteiger charge is 2.51. The van der Waals surface area contributed by atoms with E-state index in [1.54, 1.807) is 7.11 Å². The second kappa shape index (κ2) is 7.98. The maximum atomic E-state index is 13.2. The summed E-state index contributed by atoms with van der Waals surface area (Å²) in [7, 11) is 1.69. The fraction of sp³-hybridized carbons (Fsp3) is 0.500. The predicted molar refractivity (Wildman–Crippen MR) is 122 cm³/mol. The van der Waals surface area contributed by atoms with E-state index < -0.39 is 0 Å². The minimum atomic E-state index is -0.302. The van der Waals surface area contributed by atoms with Crippen LogP contribution in [0.5, 0.6) is 5.75 Å². The summed E-state index contributed by atoms with van der Waals surface area (Å²) < 4.78 is 5.25. The predicted octanol–water partition coefficient (Wildman–Crippen LogP) is 4.81. The molecule has 2 aliphatic rings. The van der Waals surface area contributed by atoms with E-state index in [4.69, 9.17) is 4.74 Å². The number of piperidine rings is 1. The van der Waals surface area contributed by atoms with Crippen LogP contribution in [0.25, 0.3) is 0 Å². The zero-order chi connectivity index (χ0) is 21.4. The number of nitrogens with one attached hydrogen (secondary N) is 1. The van der Waals surface area contributed by atoms with Crippen LogP contribution in [0.3, 0.4) is 0 Å². The van der Waals surface area contributed by atoms with Crippen LogP contribution in [0.2, 0.25) is 0 Å². The maximum absolute atomic E-state index is 13.2. The number of anilines is 1. The SMILES string of the molecule is COc1ccc(N2CCC(NC(=O)C3(c4ccc(C(C)(C)C)cc4)CC3)CC2)cc1. The third-order valence-electron chi connectivity index (χ3n) is 6.76. The summed E-state index contributed by atoms with van der Waals surface area (Å²) in [6.07, 6.45) is 3.88. The van der Waals surface area contributed by atoms with Crippen molar-refractivity contribution >= 4 is 11.6 Å². The van der Waals surface area contributed by atoms with E-state index in [2.05, 4.69) is 67.4 Å². The Morgan fingerprint density at radius 2 is 1.60 bits per heavy atom. The number of methoxy groups -OCH3 is 1. The third-order valence-corrected chi connectivity index (χ3v) is 6.76. The summed E-state index contributed by atoms with van der Waals surface area (Å²) in [6.45, 7) is 8.59. The van der Waals surface area contributed by atoms with E-state index in [1.807, 2.05) is 12.1 Å². The van der Waals surface area contributed by atoms with E-state index in [0.29, 0.717) is 0 Å². The number of hydrogen-bond donors (Lipinski definition) is 1. The molecule has 30 heavy (non-hydrogen) atoms. The average molecular weight is 407 g/mol. The molecule has 4 nitrogen and oxygen atoms in total. The van der Waals surface area contributed by atoms with E-state index in [1.165, 1.54) is 16.8 Å².